The van der Waals surface area contributed by atoms with Gasteiger partial charge in [0, 0.05) is 14.0 Å². The van der Waals surface area contributed by atoms with Crippen LogP contribution in [0.1, 0.15) is 13.8 Å². The van der Waals surface area contributed by atoms with E-state index < -0.39 is 0 Å². The number of rotatable bonds is 2. The van der Waals surface area contributed by atoms with Crippen molar-refractivity contribution in [1.82, 2.24) is 4.90 Å². The molecule has 0 aromatic rings. The highest BCUT2D eigenvalue weighted by molar-refractivity contribution is 5.88. The third kappa shape index (κ3) is 2.45. The number of nitrogens with zero attached hydrogens (tertiary/aromatic N) is 2. The van der Waals surface area contributed by atoms with Crippen molar-refractivity contribution in [1.29, 1.82) is 0 Å². The van der Waals surface area contributed by atoms with Crippen LogP contribution in [0.3, 0.4) is 0 Å². The number of likely N-dealkylation sites (N-methyl/N-ethyl adjacent to an activating group) is 1. The summed E-state index contributed by atoms with van der Waals surface area (Å²) >= 11 is 0. The van der Waals surface area contributed by atoms with Crippen LogP contribution in [-0.2, 0) is 4.79 Å². The van der Waals surface area contributed by atoms with E-state index in [4.69, 9.17) is 10.9 Å². The predicted octanol–water partition coefficient (Wildman–Crippen LogP) is -0.400. The van der Waals surface area contributed by atoms with Crippen LogP contribution >= 0.6 is 0 Å². The molecular weight excluding hydrogens is 146 g/mol. The van der Waals surface area contributed by atoms with Crippen LogP contribution in [0.2, 0.25) is 0 Å². The predicted molar refractivity (Wildman–Crippen MR) is 41.3 cm³/mol. The molecule has 0 aliphatic heterocycles. The lowest BCUT2D eigenvalue weighted by molar-refractivity contribution is -0.128. The molecule has 0 aliphatic rings. The number of amidine groups is 1. The fourth-order valence-electron chi connectivity index (χ4n) is 0.555. The van der Waals surface area contributed by atoms with Gasteiger partial charge in [0.1, 0.15) is 0 Å². The number of carbonyl (C=O) groups is 1. The number of hydrogen-bond donors (Lipinski definition) is 2. The second-order valence-corrected chi connectivity index (χ2v) is 2.33. The summed E-state index contributed by atoms with van der Waals surface area (Å²) < 4.78 is 0. The lowest BCUT2D eigenvalue weighted by Crippen LogP contribution is -2.42. The van der Waals surface area contributed by atoms with Crippen molar-refractivity contribution in [2.75, 3.05) is 7.05 Å². The highest BCUT2D eigenvalue weighted by Crippen LogP contribution is 1.94. The Hall–Kier alpha value is -1.26. The molecule has 0 heterocycles. The van der Waals surface area contributed by atoms with Crippen LogP contribution in [0.15, 0.2) is 5.16 Å². The fraction of sp³-hybridized carbons (Fsp3) is 0.667. The maximum atomic E-state index is 10.7. The van der Waals surface area contributed by atoms with Crippen molar-refractivity contribution >= 4 is 11.7 Å². The molecule has 0 saturated carbocycles. The molecule has 0 radical (unpaired) electrons. The molecule has 64 valence electrons. The summed E-state index contributed by atoms with van der Waals surface area (Å²) in [6, 6.07) is -0.363. The van der Waals surface area contributed by atoms with Gasteiger partial charge in [-0.1, -0.05) is 5.16 Å². The highest BCUT2D eigenvalue weighted by Gasteiger charge is 2.15. The summed E-state index contributed by atoms with van der Waals surface area (Å²) in [7, 11) is 1.59. The lowest BCUT2D eigenvalue weighted by atomic mass is 10.3. The van der Waals surface area contributed by atoms with E-state index >= 15 is 0 Å². The Morgan fingerprint density at radius 1 is 1.73 bits per heavy atom. The minimum Gasteiger partial charge on any atom is -0.409 e. The van der Waals surface area contributed by atoms with E-state index in [9.17, 15) is 4.79 Å². The zero-order chi connectivity index (χ0) is 9.02. The third-order valence-corrected chi connectivity index (χ3v) is 1.62. The molecule has 11 heavy (non-hydrogen) atoms. The molecule has 0 bridgehead atoms. The maximum absolute atomic E-state index is 10.7. The van der Waals surface area contributed by atoms with Gasteiger partial charge >= 0.3 is 0 Å². The molecule has 0 rings (SSSR count). The molecule has 3 N–H and O–H groups in total. The van der Waals surface area contributed by atoms with E-state index in [0.717, 1.165) is 0 Å². The van der Waals surface area contributed by atoms with E-state index in [-0.39, 0.29) is 17.8 Å². The fourth-order valence-corrected chi connectivity index (χ4v) is 0.555. The van der Waals surface area contributed by atoms with E-state index in [0.29, 0.717) is 0 Å². The van der Waals surface area contributed by atoms with Gasteiger partial charge in [-0.15, -0.1) is 0 Å². The van der Waals surface area contributed by atoms with Crippen LogP contribution in [0.5, 0.6) is 0 Å². The van der Waals surface area contributed by atoms with Crippen LogP contribution < -0.4 is 5.73 Å². The second-order valence-electron chi connectivity index (χ2n) is 2.33. The number of amides is 1. The van der Waals surface area contributed by atoms with Crippen molar-refractivity contribution in [3.8, 4) is 0 Å². The normalized spacial score (nSPS) is 14.3. The van der Waals surface area contributed by atoms with Gasteiger partial charge in [0.2, 0.25) is 5.91 Å². The number of oxime groups is 1. The zero-order valence-electron chi connectivity index (χ0n) is 6.90. The highest BCUT2D eigenvalue weighted by atomic mass is 16.4. The Labute approximate surface area is 65.5 Å². The Bertz CT molecular complexity index is 179. The van der Waals surface area contributed by atoms with Crippen molar-refractivity contribution in [3.05, 3.63) is 0 Å². The molecule has 1 amide bonds. The van der Waals surface area contributed by atoms with Gasteiger partial charge in [0.15, 0.2) is 5.84 Å². The summed E-state index contributed by atoms with van der Waals surface area (Å²) in [6.45, 7) is 3.09. The van der Waals surface area contributed by atoms with Gasteiger partial charge in [-0.25, -0.2) is 0 Å². The zero-order valence-corrected chi connectivity index (χ0v) is 6.90. The van der Waals surface area contributed by atoms with Crippen LogP contribution in [0, 0.1) is 0 Å². The molecule has 0 aliphatic carbocycles. The second kappa shape index (κ2) is 3.80. The first-order valence-corrected chi connectivity index (χ1v) is 3.21. The monoisotopic (exact) mass is 159 g/mol. The SMILES string of the molecule is CC(=O)N(C)C(C)/C(N)=N/O. The quantitative estimate of drug-likeness (QED) is 0.249. The molecule has 0 saturated heterocycles. The summed E-state index contributed by atoms with van der Waals surface area (Å²) in [4.78, 5) is 12.1. The van der Waals surface area contributed by atoms with Crippen LogP contribution in [0.4, 0.5) is 0 Å². The smallest absolute Gasteiger partial charge is 0.219 e. The van der Waals surface area contributed by atoms with Crippen molar-refractivity contribution in [2.24, 2.45) is 10.9 Å². The Morgan fingerprint density at radius 3 is 2.45 bits per heavy atom. The van der Waals surface area contributed by atoms with Crippen molar-refractivity contribution in [3.63, 3.8) is 0 Å². The number of nitrogens with two attached hydrogens (primary N) is 1. The number of hydrogen-bond acceptors (Lipinski definition) is 3. The Balaban J connectivity index is 4.24. The molecule has 0 aromatic heterocycles. The number of carbonyl (C=O) groups excluding carboxylic acids is 1. The first-order chi connectivity index (χ1) is 5.00. The molecule has 0 spiro atoms. The summed E-state index contributed by atoms with van der Waals surface area (Å²) in [6.07, 6.45) is 0. The van der Waals surface area contributed by atoms with Crippen LogP contribution in [-0.4, -0.2) is 34.9 Å². The van der Waals surface area contributed by atoms with Gasteiger partial charge in [0.05, 0.1) is 6.04 Å². The van der Waals surface area contributed by atoms with Gasteiger partial charge in [-0.2, -0.15) is 0 Å². The minimum absolute atomic E-state index is 0.0303. The molecule has 1 atom stereocenters. The van der Waals surface area contributed by atoms with Crippen LogP contribution in [0.25, 0.3) is 0 Å². The Kier molecular flexibility index (Phi) is 3.36. The maximum Gasteiger partial charge on any atom is 0.219 e. The standard InChI is InChI=1S/C6H13N3O2/c1-4(6(7)8-11)9(3)5(2)10/h4,11H,1-3H3,(H2,7,8). The Morgan fingerprint density at radius 2 is 2.18 bits per heavy atom. The molecule has 0 fully saturated rings. The van der Waals surface area contributed by atoms with Crippen molar-refractivity contribution < 1.29 is 10.0 Å². The van der Waals surface area contributed by atoms with E-state index in [1.54, 1.807) is 14.0 Å². The van der Waals surface area contributed by atoms with Gasteiger partial charge in [-0.3, -0.25) is 4.79 Å². The van der Waals surface area contributed by atoms with E-state index in [1.165, 1.54) is 11.8 Å². The van der Waals surface area contributed by atoms with E-state index in [1.807, 2.05) is 0 Å². The molecule has 5 heteroatoms. The van der Waals surface area contributed by atoms with Crippen molar-refractivity contribution in [2.45, 2.75) is 19.9 Å². The van der Waals surface area contributed by atoms with Gasteiger partial charge in [-0.05, 0) is 6.92 Å². The first kappa shape index (κ1) is 9.74. The topological polar surface area (TPSA) is 78.9 Å². The summed E-state index contributed by atoms with van der Waals surface area (Å²) in [5.41, 5.74) is 5.26. The average Bonchev–Trinajstić information content (AvgIpc) is 2.00. The summed E-state index contributed by atoms with van der Waals surface area (Å²) in [5.74, 6) is -0.0909. The molecule has 5 nitrogen and oxygen atoms in total. The molecular formula is C6H13N3O2. The summed E-state index contributed by atoms with van der Waals surface area (Å²) in [5, 5.41) is 11.1. The molecule has 1 unspecified atom stereocenters. The lowest BCUT2D eigenvalue weighted by Gasteiger charge is -2.21. The first-order valence-electron chi connectivity index (χ1n) is 3.21. The average molecular weight is 159 g/mol. The largest absolute Gasteiger partial charge is 0.409 e. The third-order valence-electron chi connectivity index (χ3n) is 1.62. The van der Waals surface area contributed by atoms with E-state index in [2.05, 4.69) is 5.16 Å². The molecule has 0 aromatic carbocycles. The van der Waals surface area contributed by atoms with Gasteiger partial charge < -0.3 is 15.8 Å². The van der Waals surface area contributed by atoms with Gasteiger partial charge in [0.25, 0.3) is 0 Å². The minimum atomic E-state index is -0.363.